The van der Waals surface area contributed by atoms with E-state index in [0.717, 1.165) is 12.3 Å². The molecule has 0 fully saturated rings. The van der Waals surface area contributed by atoms with Gasteiger partial charge in [0.2, 0.25) is 0 Å². The highest BCUT2D eigenvalue weighted by Crippen LogP contribution is 2.33. The highest BCUT2D eigenvalue weighted by atomic mass is 32.2. The van der Waals surface area contributed by atoms with Crippen LogP contribution in [-0.2, 0) is 28.3 Å². The molecule has 1 heterocycles. The van der Waals surface area contributed by atoms with E-state index in [4.69, 9.17) is 0 Å². The van der Waals surface area contributed by atoms with E-state index in [0.29, 0.717) is 17.0 Å². The zero-order chi connectivity index (χ0) is 23.7. The number of hydrogen-bond donors (Lipinski definition) is 1. The van der Waals surface area contributed by atoms with Crippen molar-refractivity contribution < 1.29 is 26.4 Å². The van der Waals surface area contributed by atoms with Gasteiger partial charge in [0.25, 0.3) is 5.91 Å². The number of halogens is 3. The molecule has 32 heavy (non-hydrogen) atoms. The molecule has 2 aromatic carbocycles. The lowest BCUT2D eigenvalue weighted by molar-refractivity contribution is -0.138. The van der Waals surface area contributed by atoms with E-state index in [1.807, 2.05) is 0 Å². The van der Waals surface area contributed by atoms with Crippen LogP contribution in [0.2, 0.25) is 0 Å². The van der Waals surface area contributed by atoms with Crippen molar-refractivity contribution in [1.29, 1.82) is 0 Å². The first-order valence-electron chi connectivity index (χ1n) is 9.62. The minimum absolute atomic E-state index is 0.0789. The Labute approximate surface area is 184 Å². The maximum atomic E-state index is 13.7. The van der Waals surface area contributed by atoms with Gasteiger partial charge < -0.3 is 5.32 Å². The summed E-state index contributed by atoms with van der Waals surface area (Å²) in [6.07, 6.45) is -3.51. The monoisotopic (exact) mass is 465 g/mol. The Hall–Kier alpha value is -3.14. The van der Waals surface area contributed by atoms with Gasteiger partial charge in [-0.25, -0.2) is 13.1 Å². The maximum Gasteiger partial charge on any atom is 0.416 e. The van der Waals surface area contributed by atoms with E-state index >= 15 is 0 Å². The number of nitrogens with one attached hydrogen (secondary N) is 1. The summed E-state index contributed by atoms with van der Waals surface area (Å²) in [5, 5.41) is 6.71. The third-order valence-corrected chi connectivity index (χ3v) is 5.60. The van der Waals surface area contributed by atoms with Crippen LogP contribution in [0.1, 0.15) is 38.4 Å². The Morgan fingerprint density at radius 3 is 2.25 bits per heavy atom. The number of aryl methyl sites for hydroxylation is 2. The van der Waals surface area contributed by atoms with Crippen molar-refractivity contribution >= 4 is 15.7 Å². The van der Waals surface area contributed by atoms with Crippen LogP contribution in [0.5, 0.6) is 0 Å². The van der Waals surface area contributed by atoms with Gasteiger partial charge in [0.1, 0.15) is 0 Å². The SMILES string of the molecule is Cc1cc(C)n(-c2ccc(CNC(=O)c3ccc(CS(C)(=O)=O)cc3)c(C(F)(F)F)c2)n1. The fraction of sp³-hybridized carbons (Fsp3) is 0.273. The second-order valence-electron chi connectivity index (χ2n) is 7.63. The van der Waals surface area contributed by atoms with Gasteiger partial charge in [-0.2, -0.15) is 18.3 Å². The summed E-state index contributed by atoms with van der Waals surface area (Å²) in [7, 11) is -3.21. The Balaban J connectivity index is 1.79. The first kappa shape index (κ1) is 23.5. The van der Waals surface area contributed by atoms with Gasteiger partial charge >= 0.3 is 6.18 Å². The predicted molar refractivity (Wildman–Crippen MR) is 114 cm³/mol. The number of carbonyl (C=O) groups is 1. The molecule has 0 aliphatic carbocycles. The fourth-order valence-electron chi connectivity index (χ4n) is 3.34. The number of rotatable bonds is 6. The van der Waals surface area contributed by atoms with Gasteiger partial charge in [0.05, 0.1) is 22.7 Å². The summed E-state index contributed by atoms with van der Waals surface area (Å²) in [4.78, 5) is 12.4. The summed E-state index contributed by atoms with van der Waals surface area (Å²) >= 11 is 0. The minimum atomic E-state index is -4.61. The van der Waals surface area contributed by atoms with Gasteiger partial charge in [-0.15, -0.1) is 0 Å². The normalized spacial score (nSPS) is 12.1. The highest BCUT2D eigenvalue weighted by Gasteiger charge is 2.34. The Bertz CT molecular complexity index is 1250. The van der Waals surface area contributed by atoms with Crippen LogP contribution in [0.25, 0.3) is 5.69 Å². The molecule has 3 rings (SSSR count). The second kappa shape index (κ2) is 8.78. The number of nitrogens with zero attached hydrogens (tertiary/aromatic N) is 2. The lowest BCUT2D eigenvalue weighted by Crippen LogP contribution is -2.24. The first-order valence-corrected chi connectivity index (χ1v) is 11.7. The molecule has 1 amide bonds. The number of carbonyl (C=O) groups excluding carboxylic acids is 1. The summed E-state index contributed by atoms with van der Waals surface area (Å²) in [5.74, 6) is -0.725. The summed E-state index contributed by atoms with van der Waals surface area (Å²) in [5.41, 5.74) is 1.47. The molecule has 0 aliphatic rings. The Morgan fingerprint density at radius 1 is 1.06 bits per heavy atom. The van der Waals surface area contributed by atoms with Gasteiger partial charge in [-0.3, -0.25) is 4.79 Å². The number of alkyl halides is 3. The van der Waals surface area contributed by atoms with Gasteiger partial charge in [0, 0.05) is 24.1 Å². The van der Waals surface area contributed by atoms with Crippen LogP contribution in [0.15, 0.2) is 48.5 Å². The van der Waals surface area contributed by atoms with Crippen LogP contribution < -0.4 is 5.32 Å². The van der Waals surface area contributed by atoms with E-state index in [1.54, 1.807) is 19.9 Å². The third kappa shape index (κ3) is 5.76. The molecule has 170 valence electrons. The molecule has 10 heteroatoms. The molecule has 0 bridgehead atoms. The zero-order valence-corrected chi connectivity index (χ0v) is 18.5. The van der Waals surface area contributed by atoms with Crippen molar-refractivity contribution in [3.8, 4) is 5.69 Å². The standard InChI is InChI=1S/C22H22F3N3O3S/c1-14-10-15(2)28(27-14)19-9-8-18(20(11-19)22(23,24)25)12-26-21(29)17-6-4-16(5-7-17)13-32(3,30)31/h4-11H,12-13H2,1-3H3,(H,26,29). The van der Waals surface area contributed by atoms with E-state index in [2.05, 4.69) is 10.4 Å². The lowest BCUT2D eigenvalue weighted by Gasteiger charge is -2.16. The Kier molecular flexibility index (Phi) is 6.45. The van der Waals surface area contributed by atoms with Crippen molar-refractivity contribution in [2.75, 3.05) is 6.26 Å². The van der Waals surface area contributed by atoms with E-state index < -0.39 is 27.5 Å². The van der Waals surface area contributed by atoms with Crippen molar-refractivity contribution in [2.24, 2.45) is 0 Å². The molecule has 0 saturated heterocycles. The number of benzene rings is 2. The number of aromatic nitrogens is 2. The molecule has 6 nitrogen and oxygen atoms in total. The maximum absolute atomic E-state index is 13.7. The van der Waals surface area contributed by atoms with Crippen molar-refractivity contribution in [3.05, 3.63) is 82.2 Å². The van der Waals surface area contributed by atoms with E-state index in [1.165, 1.54) is 41.1 Å². The minimum Gasteiger partial charge on any atom is -0.348 e. The Morgan fingerprint density at radius 2 is 1.72 bits per heavy atom. The van der Waals surface area contributed by atoms with Gasteiger partial charge in [-0.1, -0.05) is 18.2 Å². The fourth-order valence-corrected chi connectivity index (χ4v) is 4.14. The molecule has 3 aromatic rings. The van der Waals surface area contributed by atoms with Gasteiger partial charge in [0.15, 0.2) is 9.84 Å². The van der Waals surface area contributed by atoms with Crippen molar-refractivity contribution in [1.82, 2.24) is 15.1 Å². The molecule has 0 radical (unpaired) electrons. The second-order valence-corrected chi connectivity index (χ2v) is 9.77. The quantitative estimate of drug-likeness (QED) is 0.597. The molecular weight excluding hydrogens is 443 g/mol. The number of hydrogen-bond acceptors (Lipinski definition) is 4. The number of amides is 1. The van der Waals surface area contributed by atoms with Crippen molar-refractivity contribution in [3.63, 3.8) is 0 Å². The number of sulfone groups is 1. The van der Waals surface area contributed by atoms with Crippen LogP contribution in [0.3, 0.4) is 0 Å². The molecule has 1 N–H and O–H groups in total. The average Bonchev–Trinajstić information content (AvgIpc) is 3.02. The summed E-state index contributed by atoms with van der Waals surface area (Å²) < 4.78 is 65.2. The molecule has 0 spiro atoms. The van der Waals surface area contributed by atoms with Crippen LogP contribution >= 0.6 is 0 Å². The average molecular weight is 465 g/mol. The highest BCUT2D eigenvalue weighted by molar-refractivity contribution is 7.89. The summed E-state index contributed by atoms with van der Waals surface area (Å²) in [6, 6.07) is 11.5. The molecule has 0 atom stereocenters. The van der Waals surface area contributed by atoms with Crippen LogP contribution in [0.4, 0.5) is 13.2 Å². The topological polar surface area (TPSA) is 81.1 Å². The molecule has 1 aromatic heterocycles. The van der Waals surface area contributed by atoms with Crippen LogP contribution in [0, 0.1) is 13.8 Å². The molecular formula is C22H22F3N3O3S. The molecule has 0 saturated carbocycles. The molecule has 0 aliphatic heterocycles. The van der Waals surface area contributed by atoms with Crippen molar-refractivity contribution in [2.45, 2.75) is 32.3 Å². The zero-order valence-electron chi connectivity index (χ0n) is 17.7. The third-order valence-electron chi connectivity index (χ3n) is 4.74. The smallest absolute Gasteiger partial charge is 0.348 e. The predicted octanol–water partition coefficient (Wildman–Crippen LogP) is 3.98. The largest absolute Gasteiger partial charge is 0.416 e. The van der Waals surface area contributed by atoms with Crippen LogP contribution in [-0.4, -0.2) is 30.4 Å². The van der Waals surface area contributed by atoms with Gasteiger partial charge in [-0.05, 0) is 55.3 Å². The molecule has 0 unspecified atom stereocenters. The summed E-state index contributed by atoms with van der Waals surface area (Å²) in [6.45, 7) is 3.19. The van der Waals surface area contributed by atoms with E-state index in [9.17, 15) is 26.4 Å². The van der Waals surface area contributed by atoms with E-state index in [-0.39, 0.29) is 29.1 Å². The lowest BCUT2D eigenvalue weighted by atomic mass is 10.1. The first-order chi connectivity index (χ1) is 14.8.